The SMILES string of the molecule is CCOC(=O)C1C(C(F)(F)F)=Nc2ncnn2C1c1cc(OC)ccc1OC. The molecular formula is C17H17F3N4O4. The summed E-state index contributed by atoms with van der Waals surface area (Å²) in [7, 11) is 2.79. The molecule has 1 aromatic heterocycles. The number of methoxy groups -OCH3 is 2. The fraction of sp³-hybridized carbons (Fsp3) is 0.412. The van der Waals surface area contributed by atoms with E-state index in [-0.39, 0.29) is 23.9 Å². The first-order valence-electron chi connectivity index (χ1n) is 8.25. The number of nitrogens with zero attached hydrogens (tertiary/aromatic N) is 4. The van der Waals surface area contributed by atoms with Crippen LogP contribution < -0.4 is 9.47 Å². The third kappa shape index (κ3) is 3.39. The average Bonchev–Trinajstić information content (AvgIpc) is 3.13. The van der Waals surface area contributed by atoms with Gasteiger partial charge >= 0.3 is 12.1 Å². The summed E-state index contributed by atoms with van der Waals surface area (Å²) in [4.78, 5) is 19.9. The number of ether oxygens (including phenoxy) is 3. The minimum absolute atomic E-state index is 0.0906. The van der Waals surface area contributed by atoms with E-state index in [0.717, 1.165) is 11.0 Å². The molecule has 1 aliphatic rings. The Balaban J connectivity index is 2.27. The van der Waals surface area contributed by atoms with Gasteiger partial charge in [0.2, 0.25) is 5.95 Å². The number of rotatable bonds is 5. The normalized spacial score (nSPS) is 18.9. The standard InChI is InChI=1S/C17H17F3N4O4/c1-4-28-15(25)12-13(10-7-9(26-2)5-6-11(10)27-3)24-16(21-8-22-24)23-14(12)17(18,19)20/h5-8,12-13H,4H2,1-3H3. The lowest BCUT2D eigenvalue weighted by Gasteiger charge is -2.32. The van der Waals surface area contributed by atoms with Crippen LogP contribution in [0.1, 0.15) is 18.5 Å². The van der Waals surface area contributed by atoms with Crippen molar-refractivity contribution in [3.63, 3.8) is 0 Å². The third-order valence-electron chi connectivity index (χ3n) is 4.23. The van der Waals surface area contributed by atoms with Crippen LogP contribution in [0.15, 0.2) is 29.5 Å². The summed E-state index contributed by atoms with van der Waals surface area (Å²) in [6.07, 6.45) is -3.81. The molecule has 2 aromatic rings. The van der Waals surface area contributed by atoms with E-state index >= 15 is 0 Å². The van der Waals surface area contributed by atoms with Gasteiger partial charge in [-0.3, -0.25) is 4.79 Å². The molecule has 0 saturated heterocycles. The summed E-state index contributed by atoms with van der Waals surface area (Å²) in [6, 6.07) is 3.37. The van der Waals surface area contributed by atoms with Gasteiger partial charge in [-0.1, -0.05) is 0 Å². The second-order valence-corrected chi connectivity index (χ2v) is 5.78. The maximum Gasteiger partial charge on any atom is 0.430 e. The minimum Gasteiger partial charge on any atom is -0.497 e. The summed E-state index contributed by atoms with van der Waals surface area (Å²) in [5.74, 6) is -2.52. The molecule has 8 nitrogen and oxygen atoms in total. The first-order chi connectivity index (χ1) is 13.3. The molecule has 0 saturated carbocycles. The Morgan fingerprint density at radius 3 is 2.61 bits per heavy atom. The van der Waals surface area contributed by atoms with Gasteiger partial charge in [-0.15, -0.1) is 0 Å². The number of aromatic nitrogens is 3. The van der Waals surface area contributed by atoms with Crippen LogP contribution in [0.4, 0.5) is 19.1 Å². The Kier molecular flexibility index (Phi) is 5.25. The highest BCUT2D eigenvalue weighted by Crippen LogP contribution is 2.43. The summed E-state index contributed by atoms with van der Waals surface area (Å²) in [5, 5.41) is 3.98. The minimum atomic E-state index is -4.88. The lowest BCUT2D eigenvalue weighted by atomic mass is 9.86. The zero-order chi connectivity index (χ0) is 20.5. The number of halogens is 3. The lowest BCUT2D eigenvalue weighted by molar-refractivity contribution is -0.148. The van der Waals surface area contributed by atoms with Crippen LogP contribution >= 0.6 is 0 Å². The van der Waals surface area contributed by atoms with E-state index < -0.39 is 29.8 Å². The van der Waals surface area contributed by atoms with E-state index in [2.05, 4.69) is 15.1 Å². The number of esters is 1. The molecule has 2 heterocycles. The number of carbonyl (C=O) groups excluding carboxylic acids is 1. The first-order valence-corrected chi connectivity index (χ1v) is 8.25. The molecule has 2 atom stereocenters. The molecular weight excluding hydrogens is 381 g/mol. The van der Waals surface area contributed by atoms with Gasteiger partial charge in [-0.05, 0) is 25.1 Å². The van der Waals surface area contributed by atoms with Crippen molar-refractivity contribution in [2.45, 2.75) is 19.1 Å². The number of hydrogen-bond acceptors (Lipinski definition) is 7. The molecule has 0 bridgehead atoms. The Bertz CT molecular complexity index is 910. The first kappa shape index (κ1) is 19.6. The molecule has 0 fully saturated rings. The number of alkyl halides is 3. The van der Waals surface area contributed by atoms with E-state index in [0.29, 0.717) is 5.75 Å². The summed E-state index contributed by atoms with van der Waals surface area (Å²) in [5.41, 5.74) is -1.05. The van der Waals surface area contributed by atoms with Crippen LogP contribution in [0.2, 0.25) is 0 Å². The number of fused-ring (bicyclic) bond motifs is 1. The molecule has 3 rings (SSSR count). The van der Waals surface area contributed by atoms with Gasteiger partial charge in [-0.25, -0.2) is 9.67 Å². The topological polar surface area (TPSA) is 87.8 Å². The van der Waals surface area contributed by atoms with E-state index in [1.807, 2.05) is 0 Å². The van der Waals surface area contributed by atoms with Gasteiger partial charge in [0.15, 0.2) is 0 Å². The van der Waals surface area contributed by atoms with E-state index in [4.69, 9.17) is 14.2 Å². The third-order valence-corrected chi connectivity index (χ3v) is 4.23. The zero-order valence-corrected chi connectivity index (χ0v) is 15.2. The van der Waals surface area contributed by atoms with Crippen molar-refractivity contribution in [1.29, 1.82) is 0 Å². The van der Waals surface area contributed by atoms with E-state index in [9.17, 15) is 18.0 Å². The largest absolute Gasteiger partial charge is 0.497 e. The molecule has 0 aliphatic carbocycles. The molecule has 0 N–H and O–H groups in total. The molecule has 1 aliphatic heterocycles. The second-order valence-electron chi connectivity index (χ2n) is 5.78. The molecule has 0 radical (unpaired) electrons. The van der Waals surface area contributed by atoms with Crippen LogP contribution in [0.25, 0.3) is 0 Å². The average molecular weight is 398 g/mol. The molecule has 150 valence electrons. The predicted molar refractivity (Wildman–Crippen MR) is 91.0 cm³/mol. The Labute approximate surface area is 157 Å². The van der Waals surface area contributed by atoms with Crippen LogP contribution in [0, 0.1) is 5.92 Å². The maximum absolute atomic E-state index is 13.8. The highest BCUT2D eigenvalue weighted by Gasteiger charge is 2.52. The van der Waals surface area contributed by atoms with Gasteiger partial charge < -0.3 is 14.2 Å². The number of aliphatic imine (C=N–C) groups is 1. The molecule has 0 amide bonds. The fourth-order valence-corrected chi connectivity index (χ4v) is 3.08. The smallest absolute Gasteiger partial charge is 0.430 e. The number of benzene rings is 1. The molecule has 1 aromatic carbocycles. The van der Waals surface area contributed by atoms with Gasteiger partial charge in [-0.2, -0.15) is 23.3 Å². The molecule has 2 unspecified atom stereocenters. The van der Waals surface area contributed by atoms with Crippen molar-refractivity contribution in [1.82, 2.24) is 14.8 Å². The van der Waals surface area contributed by atoms with Gasteiger partial charge in [0, 0.05) is 5.56 Å². The van der Waals surface area contributed by atoms with E-state index in [1.165, 1.54) is 33.3 Å². The zero-order valence-electron chi connectivity index (χ0n) is 15.2. The Morgan fingerprint density at radius 2 is 2.00 bits per heavy atom. The van der Waals surface area contributed by atoms with Crippen molar-refractivity contribution in [2.24, 2.45) is 10.9 Å². The highest BCUT2D eigenvalue weighted by atomic mass is 19.4. The molecule has 0 spiro atoms. The van der Waals surface area contributed by atoms with Crippen molar-refractivity contribution in [3.8, 4) is 11.5 Å². The van der Waals surface area contributed by atoms with Gasteiger partial charge in [0.25, 0.3) is 0 Å². The van der Waals surface area contributed by atoms with Crippen molar-refractivity contribution >= 4 is 17.6 Å². The highest BCUT2D eigenvalue weighted by molar-refractivity contribution is 6.07. The Hall–Kier alpha value is -3.11. The van der Waals surface area contributed by atoms with Gasteiger partial charge in [0.05, 0.1) is 20.8 Å². The predicted octanol–water partition coefficient (Wildman–Crippen LogP) is 2.71. The molecule has 28 heavy (non-hydrogen) atoms. The van der Waals surface area contributed by atoms with Crippen LogP contribution in [0.3, 0.4) is 0 Å². The lowest BCUT2D eigenvalue weighted by Crippen LogP contribution is -2.44. The fourth-order valence-electron chi connectivity index (χ4n) is 3.08. The summed E-state index contributed by atoms with van der Waals surface area (Å²) < 4.78 is 57.8. The quantitative estimate of drug-likeness (QED) is 0.720. The number of hydrogen-bond donors (Lipinski definition) is 0. The van der Waals surface area contributed by atoms with Crippen LogP contribution in [-0.4, -0.2) is 53.4 Å². The van der Waals surface area contributed by atoms with Crippen molar-refractivity contribution < 1.29 is 32.2 Å². The number of carbonyl (C=O) groups is 1. The van der Waals surface area contributed by atoms with Crippen LogP contribution in [0.5, 0.6) is 11.5 Å². The monoisotopic (exact) mass is 398 g/mol. The maximum atomic E-state index is 13.8. The van der Waals surface area contributed by atoms with E-state index in [1.54, 1.807) is 6.07 Å². The summed E-state index contributed by atoms with van der Waals surface area (Å²) >= 11 is 0. The van der Waals surface area contributed by atoms with Crippen molar-refractivity contribution in [2.75, 3.05) is 20.8 Å². The molecule has 11 heteroatoms. The van der Waals surface area contributed by atoms with Crippen LogP contribution in [-0.2, 0) is 9.53 Å². The Morgan fingerprint density at radius 1 is 1.25 bits per heavy atom. The summed E-state index contributed by atoms with van der Waals surface area (Å²) in [6.45, 7) is 1.42. The van der Waals surface area contributed by atoms with Crippen molar-refractivity contribution in [3.05, 3.63) is 30.1 Å². The second kappa shape index (κ2) is 7.49. The van der Waals surface area contributed by atoms with Gasteiger partial charge in [0.1, 0.15) is 35.5 Å².